The fourth-order valence-electron chi connectivity index (χ4n) is 2.54. The number of rotatable bonds is 6. The van der Waals surface area contributed by atoms with Crippen molar-refractivity contribution in [3.63, 3.8) is 0 Å². The average Bonchev–Trinajstić information content (AvgIpc) is 3.41. The van der Waals surface area contributed by atoms with Gasteiger partial charge >= 0.3 is 5.97 Å². The van der Waals surface area contributed by atoms with Gasteiger partial charge in [-0.2, -0.15) is 13.8 Å². The fraction of sp³-hybridized carbons (Fsp3) is 0.125. The summed E-state index contributed by atoms with van der Waals surface area (Å²) in [6.45, 7) is 0.213. The van der Waals surface area contributed by atoms with Gasteiger partial charge in [0.1, 0.15) is 21.7 Å². The summed E-state index contributed by atoms with van der Waals surface area (Å²) in [5.41, 5.74) is 1.11. The summed E-state index contributed by atoms with van der Waals surface area (Å²) in [5, 5.41) is 4.10. The third-order valence-corrected chi connectivity index (χ3v) is 5.75. The van der Waals surface area contributed by atoms with Gasteiger partial charge in [-0.3, -0.25) is 9.40 Å². The number of carbonyl (C=O) groups excluding carboxylic acids is 1. The number of anilines is 1. The predicted molar refractivity (Wildman–Crippen MR) is 99.6 cm³/mol. The van der Waals surface area contributed by atoms with Gasteiger partial charge in [0.05, 0.1) is 37.3 Å². The summed E-state index contributed by atoms with van der Waals surface area (Å²) >= 11 is 0.948. The highest BCUT2D eigenvalue weighted by Gasteiger charge is 2.20. The van der Waals surface area contributed by atoms with E-state index < -0.39 is 16.0 Å². The normalized spacial score (nSPS) is 11.6. The quantitative estimate of drug-likeness (QED) is 0.471. The van der Waals surface area contributed by atoms with Crippen LogP contribution < -0.4 is 4.72 Å². The van der Waals surface area contributed by atoms with Crippen molar-refractivity contribution in [2.24, 2.45) is 0 Å². The second kappa shape index (κ2) is 7.05. The molecule has 144 valence electrons. The molecule has 0 aliphatic rings. The van der Waals surface area contributed by atoms with Crippen LogP contribution in [-0.2, 0) is 21.3 Å². The average molecular weight is 419 g/mol. The maximum atomic E-state index is 12.7. The van der Waals surface area contributed by atoms with Gasteiger partial charge in [0.2, 0.25) is 5.76 Å². The van der Waals surface area contributed by atoms with E-state index in [1.54, 1.807) is 18.2 Å². The molecule has 0 saturated heterocycles. The molecular formula is C16H13N5O5S2. The van der Waals surface area contributed by atoms with Gasteiger partial charge < -0.3 is 9.15 Å². The predicted octanol–water partition coefficient (Wildman–Crippen LogP) is 2.12. The Morgan fingerprint density at radius 2 is 2.14 bits per heavy atom. The lowest BCUT2D eigenvalue weighted by Crippen LogP contribution is -2.13. The number of hydrogen-bond donors (Lipinski definition) is 1. The maximum Gasteiger partial charge on any atom is 0.373 e. The zero-order valence-electron chi connectivity index (χ0n) is 14.4. The number of hydrogen-bond acceptors (Lipinski definition) is 9. The van der Waals surface area contributed by atoms with Crippen LogP contribution in [0.5, 0.6) is 0 Å². The standard InChI is InChI=1S/C16H13N5O5S2/c1-25-16(22)13-6-5-11(26-13)9-21-8-10(7-17-21)20-28(23,24)14-4-2-3-12-15(14)19-27-18-12/h2-8,20H,9H2,1H3. The molecule has 0 fully saturated rings. The van der Waals surface area contributed by atoms with Gasteiger partial charge in [-0.15, -0.1) is 0 Å². The summed E-state index contributed by atoms with van der Waals surface area (Å²) < 4.78 is 47.4. The minimum absolute atomic E-state index is 0.0419. The third-order valence-electron chi connectivity index (χ3n) is 3.79. The van der Waals surface area contributed by atoms with Crippen LogP contribution in [0.15, 0.2) is 52.0 Å². The Balaban J connectivity index is 1.52. The first kappa shape index (κ1) is 18.1. The van der Waals surface area contributed by atoms with E-state index in [4.69, 9.17) is 4.42 Å². The minimum Gasteiger partial charge on any atom is -0.463 e. The van der Waals surface area contributed by atoms with Crippen molar-refractivity contribution >= 4 is 44.4 Å². The van der Waals surface area contributed by atoms with Crippen LogP contribution >= 0.6 is 11.7 Å². The van der Waals surface area contributed by atoms with Crippen molar-refractivity contribution in [1.29, 1.82) is 0 Å². The molecule has 4 aromatic rings. The molecule has 3 aromatic heterocycles. The van der Waals surface area contributed by atoms with Crippen molar-refractivity contribution in [2.75, 3.05) is 11.8 Å². The molecule has 10 nitrogen and oxygen atoms in total. The third kappa shape index (κ3) is 3.46. The van der Waals surface area contributed by atoms with Crippen molar-refractivity contribution in [2.45, 2.75) is 11.4 Å². The van der Waals surface area contributed by atoms with Gasteiger partial charge in [-0.1, -0.05) is 6.07 Å². The number of carbonyl (C=O) groups is 1. The molecule has 28 heavy (non-hydrogen) atoms. The van der Waals surface area contributed by atoms with Crippen LogP contribution in [0, 0.1) is 0 Å². The number of nitrogens with one attached hydrogen (secondary N) is 1. The summed E-state index contributed by atoms with van der Waals surface area (Å²) in [6.07, 6.45) is 2.89. The molecule has 0 aliphatic heterocycles. The molecule has 3 heterocycles. The molecule has 0 aliphatic carbocycles. The minimum atomic E-state index is -3.86. The molecule has 0 bridgehead atoms. The number of aromatic nitrogens is 4. The maximum absolute atomic E-state index is 12.7. The highest BCUT2D eigenvalue weighted by atomic mass is 32.2. The lowest BCUT2D eigenvalue weighted by molar-refractivity contribution is 0.0562. The monoisotopic (exact) mass is 419 g/mol. The molecular weight excluding hydrogens is 406 g/mol. The number of esters is 1. The van der Waals surface area contributed by atoms with Crippen molar-refractivity contribution in [1.82, 2.24) is 18.5 Å². The Bertz CT molecular complexity index is 1260. The molecule has 0 atom stereocenters. The molecule has 1 aromatic carbocycles. The number of sulfonamides is 1. The summed E-state index contributed by atoms with van der Waals surface area (Å²) in [4.78, 5) is 11.5. The zero-order chi connectivity index (χ0) is 19.7. The first-order chi connectivity index (χ1) is 13.5. The number of ether oxygens (including phenoxy) is 1. The zero-order valence-corrected chi connectivity index (χ0v) is 16.0. The number of fused-ring (bicyclic) bond motifs is 1. The van der Waals surface area contributed by atoms with E-state index in [-0.39, 0.29) is 22.9 Å². The van der Waals surface area contributed by atoms with E-state index in [1.807, 2.05) is 0 Å². The van der Waals surface area contributed by atoms with Crippen LogP contribution in [0.25, 0.3) is 11.0 Å². The smallest absolute Gasteiger partial charge is 0.373 e. The fourth-order valence-corrected chi connectivity index (χ4v) is 4.34. The summed E-state index contributed by atoms with van der Waals surface area (Å²) in [6, 6.07) is 7.89. The second-order valence-electron chi connectivity index (χ2n) is 5.68. The summed E-state index contributed by atoms with van der Waals surface area (Å²) in [5.74, 6) is -0.0300. The number of benzene rings is 1. The highest BCUT2D eigenvalue weighted by molar-refractivity contribution is 7.93. The van der Waals surface area contributed by atoms with E-state index in [0.717, 1.165) is 11.7 Å². The lowest BCUT2D eigenvalue weighted by atomic mass is 10.3. The molecule has 1 N–H and O–H groups in total. The van der Waals surface area contributed by atoms with Crippen LogP contribution in [0.4, 0.5) is 5.69 Å². The largest absolute Gasteiger partial charge is 0.463 e. The molecule has 0 saturated carbocycles. The van der Waals surface area contributed by atoms with Gasteiger partial charge in [0.15, 0.2) is 0 Å². The molecule has 0 radical (unpaired) electrons. The van der Waals surface area contributed by atoms with Crippen LogP contribution in [0.3, 0.4) is 0 Å². The molecule has 0 unspecified atom stereocenters. The first-order valence-electron chi connectivity index (χ1n) is 7.90. The second-order valence-corrected chi connectivity index (χ2v) is 7.86. The van der Waals surface area contributed by atoms with E-state index in [2.05, 4.69) is 23.3 Å². The van der Waals surface area contributed by atoms with E-state index in [9.17, 15) is 13.2 Å². The van der Waals surface area contributed by atoms with Gasteiger partial charge in [0, 0.05) is 6.20 Å². The van der Waals surface area contributed by atoms with E-state index in [1.165, 1.54) is 36.3 Å². The topological polar surface area (TPSA) is 129 Å². The lowest BCUT2D eigenvalue weighted by Gasteiger charge is -2.06. The van der Waals surface area contributed by atoms with E-state index in [0.29, 0.717) is 16.8 Å². The number of furan rings is 1. The molecule has 12 heteroatoms. The Kier molecular flexibility index (Phi) is 4.57. The summed E-state index contributed by atoms with van der Waals surface area (Å²) in [7, 11) is -2.60. The molecule has 0 spiro atoms. The Morgan fingerprint density at radius 1 is 1.29 bits per heavy atom. The van der Waals surface area contributed by atoms with Crippen molar-refractivity contribution < 1.29 is 22.4 Å². The number of methoxy groups -OCH3 is 1. The molecule has 0 amide bonds. The SMILES string of the molecule is COC(=O)c1ccc(Cn2cc(NS(=O)(=O)c3cccc4nsnc34)cn2)o1. The van der Waals surface area contributed by atoms with E-state index >= 15 is 0 Å². The Morgan fingerprint density at radius 3 is 2.96 bits per heavy atom. The van der Waals surface area contributed by atoms with Crippen molar-refractivity contribution in [3.8, 4) is 0 Å². The Hall–Kier alpha value is -3.25. The molecule has 4 rings (SSSR count). The van der Waals surface area contributed by atoms with Crippen molar-refractivity contribution in [3.05, 3.63) is 54.2 Å². The highest BCUT2D eigenvalue weighted by Crippen LogP contribution is 2.23. The van der Waals surface area contributed by atoms with Crippen LogP contribution in [0.2, 0.25) is 0 Å². The van der Waals surface area contributed by atoms with Gasteiger partial charge in [-0.25, -0.2) is 13.2 Å². The van der Waals surface area contributed by atoms with Crippen LogP contribution in [-0.4, -0.2) is 40.0 Å². The first-order valence-corrected chi connectivity index (χ1v) is 10.1. The number of nitrogens with zero attached hydrogens (tertiary/aromatic N) is 4. The van der Waals surface area contributed by atoms with Crippen LogP contribution in [0.1, 0.15) is 16.3 Å². The van der Waals surface area contributed by atoms with Gasteiger partial charge in [-0.05, 0) is 24.3 Å². The Labute approximate surface area is 163 Å². The van der Waals surface area contributed by atoms with Gasteiger partial charge in [0.25, 0.3) is 10.0 Å².